The van der Waals surface area contributed by atoms with E-state index in [0.29, 0.717) is 10.7 Å². The van der Waals surface area contributed by atoms with Gasteiger partial charge < -0.3 is 0 Å². The van der Waals surface area contributed by atoms with E-state index in [1.807, 2.05) is 0 Å². The van der Waals surface area contributed by atoms with Crippen LogP contribution in [-0.2, 0) is 0 Å². The standard InChI is InChI=1S/C8H6ClN5O/c9-6-2-1-5(3-10-6)7(15)13-8-11-4-12-14-8/h1-4H,(H2,11,12,13,14,15). The molecule has 6 nitrogen and oxygen atoms in total. The van der Waals surface area contributed by atoms with Crippen molar-refractivity contribution in [2.24, 2.45) is 0 Å². The van der Waals surface area contributed by atoms with Gasteiger partial charge in [-0.1, -0.05) is 11.6 Å². The molecule has 2 N–H and O–H groups in total. The van der Waals surface area contributed by atoms with Crippen molar-refractivity contribution in [2.75, 3.05) is 5.32 Å². The molecule has 76 valence electrons. The third-order valence-electron chi connectivity index (χ3n) is 1.64. The fourth-order valence-corrected chi connectivity index (χ4v) is 1.07. The highest BCUT2D eigenvalue weighted by atomic mass is 35.5. The molecule has 7 heteroatoms. The Morgan fingerprint density at radius 2 is 2.27 bits per heavy atom. The molecule has 0 fully saturated rings. The van der Waals surface area contributed by atoms with Crippen molar-refractivity contribution in [3.63, 3.8) is 0 Å². The van der Waals surface area contributed by atoms with Crippen LogP contribution >= 0.6 is 11.6 Å². The highest BCUT2D eigenvalue weighted by Gasteiger charge is 2.07. The van der Waals surface area contributed by atoms with Crippen molar-refractivity contribution in [3.05, 3.63) is 35.4 Å². The minimum absolute atomic E-state index is 0.287. The summed E-state index contributed by atoms with van der Waals surface area (Å²) >= 11 is 5.59. The number of halogens is 1. The SMILES string of the molecule is O=C(Nc1ncn[nH]1)c1ccc(Cl)nc1. The first-order valence-electron chi connectivity index (χ1n) is 4.04. The number of rotatable bonds is 2. The van der Waals surface area contributed by atoms with Crippen LogP contribution in [0.4, 0.5) is 5.95 Å². The summed E-state index contributed by atoms with van der Waals surface area (Å²) in [6, 6.07) is 3.11. The molecule has 0 spiro atoms. The van der Waals surface area contributed by atoms with Gasteiger partial charge in [0.2, 0.25) is 5.95 Å². The maximum absolute atomic E-state index is 11.5. The summed E-state index contributed by atoms with van der Waals surface area (Å²) in [5, 5.41) is 8.95. The number of aromatic nitrogens is 4. The van der Waals surface area contributed by atoms with E-state index in [9.17, 15) is 4.79 Å². The van der Waals surface area contributed by atoms with Crippen LogP contribution in [0.3, 0.4) is 0 Å². The molecule has 2 rings (SSSR count). The van der Waals surface area contributed by atoms with E-state index in [1.165, 1.54) is 18.6 Å². The molecule has 0 atom stereocenters. The van der Waals surface area contributed by atoms with E-state index in [2.05, 4.69) is 25.5 Å². The van der Waals surface area contributed by atoms with Crippen molar-refractivity contribution in [1.29, 1.82) is 0 Å². The maximum Gasteiger partial charge on any atom is 0.259 e. The smallest absolute Gasteiger partial charge is 0.259 e. The van der Waals surface area contributed by atoms with Crippen molar-refractivity contribution < 1.29 is 4.79 Å². The summed E-state index contributed by atoms with van der Waals surface area (Å²) in [7, 11) is 0. The first-order valence-corrected chi connectivity index (χ1v) is 4.42. The molecular weight excluding hydrogens is 218 g/mol. The van der Waals surface area contributed by atoms with E-state index in [-0.39, 0.29) is 11.9 Å². The lowest BCUT2D eigenvalue weighted by atomic mass is 10.3. The fraction of sp³-hybridized carbons (Fsp3) is 0. The predicted molar refractivity (Wildman–Crippen MR) is 53.6 cm³/mol. The molecule has 0 aromatic carbocycles. The first kappa shape index (κ1) is 9.60. The number of H-pyrrole nitrogens is 1. The van der Waals surface area contributed by atoms with Gasteiger partial charge in [-0.15, -0.1) is 0 Å². The number of pyridine rings is 1. The van der Waals surface area contributed by atoms with Gasteiger partial charge in [0, 0.05) is 6.20 Å². The van der Waals surface area contributed by atoms with Crippen LogP contribution < -0.4 is 5.32 Å². The van der Waals surface area contributed by atoms with Gasteiger partial charge in [0.05, 0.1) is 5.56 Å². The highest BCUT2D eigenvalue weighted by molar-refractivity contribution is 6.29. The van der Waals surface area contributed by atoms with Crippen LogP contribution in [0.2, 0.25) is 5.15 Å². The monoisotopic (exact) mass is 223 g/mol. The van der Waals surface area contributed by atoms with Crippen LogP contribution in [0.5, 0.6) is 0 Å². The van der Waals surface area contributed by atoms with Crippen molar-refractivity contribution >= 4 is 23.5 Å². The summed E-state index contributed by atoms with van der Waals surface area (Å²) in [6.45, 7) is 0. The van der Waals surface area contributed by atoms with Gasteiger partial charge in [-0.25, -0.2) is 10.1 Å². The fourth-order valence-electron chi connectivity index (χ4n) is 0.956. The maximum atomic E-state index is 11.5. The Morgan fingerprint density at radius 1 is 1.40 bits per heavy atom. The minimum atomic E-state index is -0.323. The quantitative estimate of drug-likeness (QED) is 0.747. The largest absolute Gasteiger partial charge is 0.291 e. The molecule has 2 aromatic heterocycles. The zero-order valence-electron chi connectivity index (χ0n) is 7.44. The molecule has 15 heavy (non-hydrogen) atoms. The summed E-state index contributed by atoms with van der Waals surface area (Å²) in [5.74, 6) is -0.0362. The lowest BCUT2D eigenvalue weighted by Crippen LogP contribution is -2.13. The first-order chi connectivity index (χ1) is 7.25. The normalized spacial score (nSPS) is 9.93. The molecule has 0 aliphatic carbocycles. The molecule has 0 aliphatic rings. The van der Waals surface area contributed by atoms with Crippen molar-refractivity contribution in [3.8, 4) is 0 Å². The third kappa shape index (κ3) is 2.29. The molecule has 0 saturated heterocycles. The van der Waals surface area contributed by atoms with E-state index < -0.39 is 0 Å². The number of nitrogens with zero attached hydrogens (tertiary/aromatic N) is 3. The Hall–Kier alpha value is -1.95. The Kier molecular flexibility index (Phi) is 2.59. The van der Waals surface area contributed by atoms with E-state index in [1.54, 1.807) is 6.07 Å². The van der Waals surface area contributed by atoms with Gasteiger partial charge >= 0.3 is 0 Å². The third-order valence-corrected chi connectivity index (χ3v) is 1.86. The molecule has 2 aromatic rings. The second-order valence-electron chi connectivity index (χ2n) is 2.66. The lowest BCUT2D eigenvalue weighted by Gasteiger charge is -2.00. The second kappa shape index (κ2) is 4.05. The summed E-state index contributed by atoms with van der Waals surface area (Å²) < 4.78 is 0. The highest BCUT2D eigenvalue weighted by Crippen LogP contribution is 2.06. The Bertz CT molecular complexity index is 452. The Labute approximate surface area is 89.7 Å². The van der Waals surface area contributed by atoms with E-state index in [0.717, 1.165) is 0 Å². The zero-order chi connectivity index (χ0) is 10.7. The number of aromatic amines is 1. The van der Waals surface area contributed by atoms with Crippen LogP contribution in [0.15, 0.2) is 24.7 Å². The number of hydrogen-bond donors (Lipinski definition) is 2. The molecule has 1 amide bonds. The zero-order valence-corrected chi connectivity index (χ0v) is 8.19. The van der Waals surface area contributed by atoms with Gasteiger partial charge in [-0.3, -0.25) is 10.1 Å². The number of amides is 1. The number of carbonyl (C=O) groups is 1. The predicted octanol–water partition coefficient (Wildman–Crippen LogP) is 1.11. The second-order valence-corrected chi connectivity index (χ2v) is 3.05. The number of anilines is 1. The molecule has 2 heterocycles. The topological polar surface area (TPSA) is 83.6 Å². The minimum Gasteiger partial charge on any atom is -0.291 e. The van der Waals surface area contributed by atoms with E-state index in [4.69, 9.17) is 11.6 Å². The summed E-state index contributed by atoms with van der Waals surface area (Å²) in [5.41, 5.74) is 0.399. The van der Waals surface area contributed by atoms with Crippen LogP contribution in [0.1, 0.15) is 10.4 Å². The van der Waals surface area contributed by atoms with Gasteiger partial charge in [0.1, 0.15) is 11.5 Å². The molecule has 0 bridgehead atoms. The molecular formula is C8H6ClN5O. The van der Waals surface area contributed by atoms with Crippen LogP contribution in [-0.4, -0.2) is 26.1 Å². The number of carbonyl (C=O) groups excluding carboxylic acids is 1. The van der Waals surface area contributed by atoms with Gasteiger partial charge in [0.25, 0.3) is 5.91 Å². The lowest BCUT2D eigenvalue weighted by molar-refractivity contribution is 0.102. The van der Waals surface area contributed by atoms with Gasteiger partial charge in [-0.05, 0) is 12.1 Å². The van der Waals surface area contributed by atoms with Crippen LogP contribution in [0.25, 0.3) is 0 Å². The molecule has 0 radical (unpaired) electrons. The van der Waals surface area contributed by atoms with Crippen molar-refractivity contribution in [2.45, 2.75) is 0 Å². The molecule has 0 unspecified atom stereocenters. The van der Waals surface area contributed by atoms with Crippen LogP contribution in [0, 0.1) is 0 Å². The Morgan fingerprint density at radius 3 is 2.87 bits per heavy atom. The van der Waals surface area contributed by atoms with Crippen molar-refractivity contribution in [1.82, 2.24) is 20.2 Å². The van der Waals surface area contributed by atoms with Gasteiger partial charge in [0.15, 0.2) is 0 Å². The average Bonchev–Trinajstić information content (AvgIpc) is 2.71. The summed E-state index contributed by atoms with van der Waals surface area (Å²) in [6.07, 6.45) is 2.68. The molecule has 0 aliphatic heterocycles. The molecule has 0 saturated carbocycles. The average molecular weight is 224 g/mol. The van der Waals surface area contributed by atoms with E-state index >= 15 is 0 Å². The Balaban J connectivity index is 2.11. The summed E-state index contributed by atoms with van der Waals surface area (Å²) in [4.78, 5) is 19.1. The number of hydrogen-bond acceptors (Lipinski definition) is 4. The van der Waals surface area contributed by atoms with Gasteiger partial charge in [-0.2, -0.15) is 10.1 Å². The number of nitrogens with one attached hydrogen (secondary N) is 2.